The Bertz CT molecular complexity index is 247. The quantitative estimate of drug-likeness (QED) is 0.745. The van der Waals surface area contributed by atoms with Gasteiger partial charge in [-0.3, -0.25) is 0 Å². The lowest BCUT2D eigenvalue weighted by atomic mass is 10.2. The van der Waals surface area contributed by atoms with Crippen LogP contribution in [0.4, 0.5) is 0 Å². The number of rotatable bonds is 1. The number of nitrogens with one attached hydrogen (secondary N) is 1. The molecule has 0 spiro atoms. The Morgan fingerprint density at radius 1 is 1.62 bits per heavy atom. The minimum Gasteiger partial charge on any atom is -0.371 e. The highest BCUT2D eigenvalue weighted by Gasteiger charge is 2.17. The van der Waals surface area contributed by atoms with Gasteiger partial charge in [-0.2, -0.15) is 0 Å². The van der Waals surface area contributed by atoms with Gasteiger partial charge in [-0.1, -0.05) is 6.07 Å². The third-order valence-electron chi connectivity index (χ3n) is 2.38. The van der Waals surface area contributed by atoms with Gasteiger partial charge < -0.3 is 10.1 Å². The summed E-state index contributed by atoms with van der Waals surface area (Å²) >= 11 is 1.77. The van der Waals surface area contributed by atoms with E-state index >= 15 is 0 Å². The van der Waals surface area contributed by atoms with E-state index in [1.807, 2.05) is 0 Å². The van der Waals surface area contributed by atoms with Gasteiger partial charge in [0.2, 0.25) is 0 Å². The second-order valence-electron chi connectivity index (χ2n) is 3.47. The molecule has 2 unspecified atom stereocenters. The molecule has 1 aromatic rings. The fraction of sp³-hybridized carbons (Fsp3) is 0.600. The van der Waals surface area contributed by atoms with Crippen LogP contribution in [0, 0.1) is 0 Å². The Hall–Kier alpha value is -0.380. The molecule has 1 aromatic heterocycles. The first-order chi connectivity index (χ1) is 6.36. The number of hydrogen-bond donors (Lipinski definition) is 1. The zero-order valence-corrected chi connectivity index (χ0v) is 8.64. The summed E-state index contributed by atoms with van der Waals surface area (Å²) in [7, 11) is 0. The van der Waals surface area contributed by atoms with Crippen molar-refractivity contribution < 1.29 is 4.74 Å². The monoisotopic (exact) mass is 197 g/mol. The lowest BCUT2D eigenvalue weighted by molar-refractivity contribution is 0.0689. The fourth-order valence-corrected chi connectivity index (χ4v) is 2.29. The maximum absolute atomic E-state index is 5.77. The maximum Gasteiger partial charge on any atom is 0.104 e. The van der Waals surface area contributed by atoms with Crippen LogP contribution in [-0.4, -0.2) is 19.2 Å². The van der Waals surface area contributed by atoms with Gasteiger partial charge in [0.25, 0.3) is 0 Å². The van der Waals surface area contributed by atoms with Gasteiger partial charge in [-0.15, -0.1) is 11.3 Å². The summed E-state index contributed by atoms with van der Waals surface area (Å²) in [6.07, 6.45) is 1.38. The molecule has 2 rings (SSSR count). The third kappa shape index (κ3) is 2.30. The highest BCUT2D eigenvalue weighted by atomic mass is 32.1. The molecule has 2 atom stereocenters. The molecule has 3 heteroatoms. The predicted molar refractivity (Wildman–Crippen MR) is 55.1 cm³/mol. The molecule has 1 aliphatic heterocycles. The van der Waals surface area contributed by atoms with Gasteiger partial charge in [-0.25, -0.2) is 0 Å². The highest BCUT2D eigenvalue weighted by Crippen LogP contribution is 2.23. The van der Waals surface area contributed by atoms with Crippen LogP contribution in [0.15, 0.2) is 17.5 Å². The van der Waals surface area contributed by atoms with Crippen LogP contribution >= 0.6 is 11.3 Å². The topological polar surface area (TPSA) is 21.3 Å². The van der Waals surface area contributed by atoms with Gasteiger partial charge in [0.15, 0.2) is 0 Å². The van der Waals surface area contributed by atoms with Crippen LogP contribution in [0.1, 0.15) is 24.3 Å². The second-order valence-corrected chi connectivity index (χ2v) is 4.45. The average molecular weight is 197 g/mol. The van der Waals surface area contributed by atoms with Crippen molar-refractivity contribution in [2.75, 3.05) is 13.2 Å². The van der Waals surface area contributed by atoms with Crippen molar-refractivity contribution in [1.82, 2.24) is 5.32 Å². The molecule has 0 bridgehead atoms. The lowest BCUT2D eigenvalue weighted by Gasteiger charge is -2.13. The van der Waals surface area contributed by atoms with Gasteiger partial charge in [0.05, 0.1) is 0 Å². The van der Waals surface area contributed by atoms with Crippen LogP contribution in [0.3, 0.4) is 0 Å². The second kappa shape index (κ2) is 4.22. The summed E-state index contributed by atoms with van der Waals surface area (Å²) in [5.74, 6) is 0. The van der Waals surface area contributed by atoms with Crippen LogP contribution in [-0.2, 0) is 4.74 Å². The molecule has 0 amide bonds. The standard InChI is InChI=1S/C10H15NOS/c1-8-4-5-12-9(7-11-8)10-3-2-6-13-10/h2-3,6,8-9,11H,4-5,7H2,1H3. The highest BCUT2D eigenvalue weighted by molar-refractivity contribution is 7.10. The Balaban J connectivity index is 2.00. The van der Waals surface area contributed by atoms with E-state index in [2.05, 4.69) is 29.8 Å². The molecule has 0 radical (unpaired) electrons. The van der Waals surface area contributed by atoms with Crippen LogP contribution in [0.25, 0.3) is 0 Å². The Labute approximate surface area is 82.9 Å². The molecule has 2 heterocycles. The summed E-state index contributed by atoms with van der Waals surface area (Å²) in [5, 5.41) is 5.57. The molecule has 1 fully saturated rings. The molecule has 72 valence electrons. The van der Waals surface area contributed by atoms with Crippen molar-refractivity contribution in [3.63, 3.8) is 0 Å². The first kappa shape index (κ1) is 9.19. The minimum absolute atomic E-state index is 0.268. The van der Waals surface area contributed by atoms with Gasteiger partial charge >= 0.3 is 0 Å². The van der Waals surface area contributed by atoms with E-state index in [4.69, 9.17) is 4.74 Å². The maximum atomic E-state index is 5.77. The normalized spacial score (nSPS) is 29.9. The number of ether oxygens (including phenoxy) is 1. The SMILES string of the molecule is CC1CCOC(c2cccs2)CN1. The van der Waals surface area contributed by atoms with E-state index in [0.29, 0.717) is 6.04 Å². The Morgan fingerprint density at radius 3 is 3.31 bits per heavy atom. The summed E-state index contributed by atoms with van der Waals surface area (Å²) in [4.78, 5) is 1.33. The smallest absolute Gasteiger partial charge is 0.104 e. The van der Waals surface area contributed by atoms with E-state index in [-0.39, 0.29) is 6.10 Å². The first-order valence-corrected chi connectivity index (χ1v) is 5.62. The van der Waals surface area contributed by atoms with Crippen LogP contribution in [0.2, 0.25) is 0 Å². The summed E-state index contributed by atoms with van der Waals surface area (Å²) in [6, 6.07) is 4.81. The molecular weight excluding hydrogens is 182 g/mol. The van der Waals surface area contributed by atoms with Crippen molar-refractivity contribution in [2.24, 2.45) is 0 Å². The first-order valence-electron chi connectivity index (χ1n) is 4.74. The molecule has 1 aliphatic rings. The summed E-state index contributed by atoms with van der Waals surface area (Å²) in [6.45, 7) is 4.03. The Morgan fingerprint density at radius 2 is 2.54 bits per heavy atom. The van der Waals surface area contributed by atoms with Crippen LogP contribution in [0.5, 0.6) is 0 Å². The molecule has 13 heavy (non-hydrogen) atoms. The van der Waals surface area contributed by atoms with Gasteiger partial charge in [0.1, 0.15) is 6.10 Å². The zero-order valence-electron chi connectivity index (χ0n) is 7.82. The van der Waals surface area contributed by atoms with E-state index in [1.54, 1.807) is 11.3 Å². The average Bonchev–Trinajstić information content (AvgIpc) is 2.56. The molecular formula is C10H15NOS. The predicted octanol–water partition coefficient (Wildman–Crippen LogP) is 2.19. The van der Waals surface area contributed by atoms with Crippen molar-refractivity contribution in [2.45, 2.75) is 25.5 Å². The van der Waals surface area contributed by atoms with Crippen molar-refractivity contribution in [3.05, 3.63) is 22.4 Å². The van der Waals surface area contributed by atoms with E-state index in [9.17, 15) is 0 Å². The number of thiophene rings is 1. The molecule has 0 aromatic carbocycles. The summed E-state index contributed by atoms with van der Waals surface area (Å²) < 4.78 is 5.77. The molecule has 0 saturated carbocycles. The van der Waals surface area contributed by atoms with Gasteiger partial charge in [-0.05, 0) is 24.8 Å². The van der Waals surface area contributed by atoms with Crippen LogP contribution < -0.4 is 5.32 Å². The number of hydrogen-bond acceptors (Lipinski definition) is 3. The van der Waals surface area contributed by atoms with Crippen molar-refractivity contribution in [3.8, 4) is 0 Å². The third-order valence-corrected chi connectivity index (χ3v) is 3.35. The van der Waals surface area contributed by atoms with E-state index in [1.165, 1.54) is 4.88 Å². The molecule has 1 N–H and O–H groups in total. The summed E-state index contributed by atoms with van der Waals surface area (Å²) in [5.41, 5.74) is 0. The minimum atomic E-state index is 0.268. The molecule has 0 aliphatic carbocycles. The largest absolute Gasteiger partial charge is 0.371 e. The fourth-order valence-electron chi connectivity index (χ4n) is 1.51. The Kier molecular flexibility index (Phi) is 2.98. The molecule has 1 saturated heterocycles. The van der Waals surface area contributed by atoms with Crippen molar-refractivity contribution in [1.29, 1.82) is 0 Å². The van der Waals surface area contributed by atoms with Crippen molar-refractivity contribution >= 4 is 11.3 Å². The molecule has 2 nitrogen and oxygen atoms in total. The van der Waals surface area contributed by atoms with E-state index in [0.717, 1.165) is 19.6 Å². The lowest BCUT2D eigenvalue weighted by Crippen LogP contribution is -2.27. The zero-order chi connectivity index (χ0) is 9.10. The van der Waals surface area contributed by atoms with E-state index < -0.39 is 0 Å². The van der Waals surface area contributed by atoms with Gasteiger partial charge in [0, 0.05) is 24.1 Å².